The van der Waals surface area contributed by atoms with Crippen molar-refractivity contribution in [2.75, 3.05) is 25.0 Å². The molecule has 0 radical (unpaired) electrons. The summed E-state index contributed by atoms with van der Waals surface area (Å²) >= 11 is 1.19. The minimum Gasteiger partial charge on any atom is -0.337 e. The Bertz CT molecular complexity index is 1370. The maximum atomic E-state index is 13.1. The Morgan fingerprint density at radius 3 is 2.34 bits per heavy atom. The van der Waals surface area contributed by atoms with Gasteiger partial charge in [-0.15, -0.1) is 11.3 Å². The molecule has 1 aromatic carbocycles. The molecule has 1 unspecified atom stereocenters. The quantitative estimate of drug-likeness (QED) is 0.477. The molecular weight excluding hydrogens is 530 g/mol. The van der Waals surface area contributed by atoms with Crippen molar-refractivity contribution in [1.29, 1.82) is 0 Å². The predicted molar refractivity (Wildman–Crippen MR) is 142 cm³/mol. The third-order valence-electron chi connectivity index (χ3n) is 6.68. The zero-order valence-electron chi connectivity index (χ0n) is 21.5. The third-order valence-corrected chi connectivity index (χ3v) is 9.69. The van der Waals surface area contributed by atoms with E-state index in [-0.39, 0.29) is 26.9 Å². The van der Waals surface area contributed by atoms with Crippen molar-refractivity contribution in [3.63, 3.8) is 0 Å². The number of sulfonamides is 1. The van der Waals surface area contributed by atoms with E-state index in [0.717, 1.165) is 17.7 Å². The Balaban J connectivity index is 1.56. The SMILES string of the molecule is CC(=O)NNC(=O)c1c(NC(=O)c2ccc(S(=O)(=O)N3CCCC(C)C3)cc2)sc2c1CCN(C(C)=O)C2. The second-order valence-corrected chi connectivity index (χ2v) is 12.7. The topological polar surface area (TPSA) is 145 Å². The van der Waals surface area contributed by atoms with Crippen LogP contribution >= 0.6 is 11.3 Å². The van der Waals surface area contributed by atoms with Gasteiger partial charge in [-0.05, 0) is 55.0 Å². The van der Waals surface area contributed by atoms with Crippen LogP contribution in [0.1, 0.15) is 64.8 Å². The molecule has 3 heterocycles. The Morgan fingerprint density at radius 2 is 1.71 bits per heavy atom. The molecule has 1 atom stereocenters. The first kappa shape index (κ1) is 27.7. The molecule has 1 aromatic heterocycles. The first-order valence-corrected chi connectivity index (χ1v) is 14.6. The number of fused-ring (bicyclic) bond motifs is 1. The molecule has 4 amide bonds. The van der Waals surface area contributed by atoms with Crippen LogP contribution < -0.4 is 16.2 Å². The number of thiophene rings is 1. The average molecular weight is 562 g/mol. The molecule has 3 N–H and O–H groups in total. The van der Waals surface area contributed by atoms with Gasteiger partial charge >= 0.3 is 0 Å². The van der Waals surface area contributed by atoms with E-state index in [1.165, 1.54) is 53.8 Å². The normalized spacial score (nSPS) is 17.9. The van der Waals surface area contributed by atoms with Crippen LogP contribution in [0.2, 0.25) is 0 Å². The van der Waals surface area contributed by atoms with E-state index in [2.05, 4.69) is 16.2 Å². The van der Waals surface area contributed by atoms with Crippen molar-refractivity contribution in [1.82, 2.24) is 20.1 Å². The number of hydrogen-bond acceptors (Lipinski definition) is 7. The van der Waals surface area contributed by atoms with Gasteiger partial charge in [0, 0.05) is 43.9 Å². The lowest BCUT2D eigenvalue weighted by atomic mass is 10.0. The number of nitrogens with zero attached hydrogens (tertiary/aromatic N) is 2. The van der Waals surface area contributed by atoms with Gasteiger partial charge in [0.2, 0.25) is 21.8 Å². The summed E-state index contributed by atoms with van der Waals surface area (Å²) < 4.78 is 27.6. The molecule has 2 aromatic rings. The predicted octanol–water partition coefficient (Wildman–Crippen LogP) is 2.11. The van der Waals surface area contributed by atoms with Crippen molar-refractivity contribution >= 4 is 50.0 Å². The fourth-order valence-corrected chi connectivity index (χ4v) is 7.53. The number of carbonyl (C=O) groups is 4. The molecule has 2 aliphatic rings. The summed E-state index contributed by atoms with van der Waals surface area (Å²) in [7, 11) is -3.66. The first-order chi connectivity index (χ1) is 18.0. The maximum absolute atomic E-state index is 13.1. The number of amides is 4. The number of nitrogens with one attached hydrogen (secondary N) is 3. The summed E-state index contributed by atoms with van der Waals surface area (Å²) in [6, 6.07) is 5.71. The van der Waals surface area contributed by atoms with Crippen molar-refractivity contribution in [2.45, 2.75) is 51.5 Å². The summed E-state index contributed by atoms with van der Waals surface area (Å²) in [5, 5.41) is 3.05. The number of hydrazine groups is 1. The number of carbonyl (C=O) groups excluding carboxylic acids is 4. The second kappa shape index (κ2) is 11.2. The summed E-state index contributed by atoms with van der Waals surface area (Å²) in [5.41, 5.74) is 5.77. The van der Waals surface area contributed by atoms with Crippen molar-refractivity contribution in [3.8, 4) is 0 Å². The third kappa shape index (κ3) is 5.89. The summed E-state index contributed by atoms with van der Waals surface area (Å²) in [6.07, 6.45) is 2.23. The number of piperidine rings is 1. The van der Waals surface area contributed by atoms with E-state index < -0.39 is 27.7 Å². The van der Waals surface area contributed by atoms with Crippen LogP contribution in [0.5, 0.6) is 0 Å². The standard InChI is InChI=1S/C25H31N5O6S2/c1-15-5-4-11-30(13-15)38(35,36)19-8-6-18(7-9-19)23(33)26-25-22(24(34)28-27-16(2)31)20-10-12-29(17(3)32)14-21(20)37-25/h6-9,15H,4-5,10-14H2,1-3H3,(H,26,33)(H,27,31)(H,28,34). The molecular formula is C25H31N5O6S2. The van der Waals surface area contributed by atoms with Crippen molar-refractivity contribution in [3.05, 3.63) is 45.8 Å². The van der Waals surface area contributed by atoms with Crippen LogP contribution in [0.25, 0.3) is 0 Å². The van der Waals surface area contributed by atoms with Crippen molar-refractivity contribution < 1.29 is 27.6 Å². The summed E-state index contributed by atoms with van der Waals surface area (Å²) in [6.45, 7) is 6.44. The van der Waals surface area contributed by atoms with Gasteiger partial charge in [0.15, 0.2) is 0 Å². The van der Waals surface area contributed by atoms with Crippen LogP contribution in [0.4, 0.5) is 5.00 Å². The van der Waals surface area contributed by atoms with E-state index in [9.17, 15) is 27.6 Å². The minimum atomic E-state index is -3.66. The zero-order valence-corrected chi connectivity index (χ0v) is 23.1. The number of rotatable bonds is 5. The minimum absolute atomic E-state index is 0.0899. The Morgan fingerprint density at radius 1 is 1.00 bits per heavy atom. The number of hydrogen-bond donors (Lipinski definition) is 3. The van der Waals surface area contributed by atoms with Crippen molar-refractivity contribution in [2.24, 2.45) is 5.92 Å². The molecule has 0 saturated carbocycles. The van der Waals surface area contributed by atoms with Crippen LogP contribution in [-0.4, -0.2) is 60.9 Å². The lowest BCUT2D eigenvalue weighted by molar-refractivity contribution is -0.129. The largest absolute Gasteiger partial charge is 0.337 e. The van der Waals surface area contributed by atoms with Gasteiger partial charge in [-0.1, -0.05) is 6.92 Å². The first-order valence-electron chi connectivity index (χ1n) is 12.4. The van der Waals surface area contributed by atoms with Gasteiger partial charge in [-0.2, -0.15) is 4.31 Å². The fourth-order valence-electron chi connectivity index (χ4n) is 4.68. The van der Waals surface area contributed by atoms with E-state index in [1.54, 1.807) is 4.90 Å². The lowest BCUT2D eigenvalue weighted by Gasteiger charge is -2.30. The highest BCUT2D eigenvalue weighted by molar-refractivity contribution is 7.89. The van der Waals surface area contributed by atoms with Gasteiger partial charge in [-0.3, -0.25) is 30.0 Å². The maximum Gasteiger partial charge on any atom is 0.272 e. The van der Waals surface area contributed by atoms with E-state index in [4.69, 9.17) is 0 Å². The molecule has 1 saturated heterocycles. The van der Waals surface area contributed by atoms with Crippen LogP contribution in [0.3, 0.4) is 0 Å². The molecule has 38 heavy (non-hydrogen) atoms. The molecule has 1 fully saturated rings. The Labute approximate surface area is 225 Å². The highest BCUT2D eigenvalue weighted by Gasteiger charge is 2.31. The molecule has 11 nitrogen and oxygen atoms in total. The molecule has 4 rings (SSSR count). The van der Waals surface area contributed by atoms with E-state index in [1.807, 2.05) is 6.92 Å². The zero-order chi connectivity index (χ0) is 27.6. The van der Waals surface area contributed by atoms with Gasteiger partial charge < -0.3 is 10.2 Å². The van der Waals surface area contributed by atoms with Crippen LogP contribution in [0, 0.1) is 5.92 Å². The van der Waals surface area contributed by atoms with E-state index >= 15 is 0 Å². The van der Waals surface area contributed by atoms with Gasteiger partial charge in [0.25, 0.3) is 11.8 Å². The molecule has 0 spiro atoms. The Kier molecular flexibility index (Phi) is 8.19. The van der Waals surface area contributed by atoms with Gasteiger partial charge in [-0.25, -0.2) is 8.42 Å². The highest BCUT2D eigenvalue weighted by atomic mass is 32.2. The van der Waals surface area contributed by atoms with Gasteiger partial charge in [0.05, 0.1) is 17.0 Å². The molecule has 204 valence electrons. The fraction of sp³-hybridized carbons (Fsp3) is 0.440. The number of benzene rings is 1. The molecule has 13 heteroatoms. The van der Waals surface area contributed by atoms with Gasteiger partial charge in [0.1, 0.15) is 5.00 Å². The lowest BCUT2D eigenvalue weighted by Crippen LogP contribution is -2.41. The second-order valence-electron chi connectivity index (χ2n) is 9.62. The van der Waals surface area contributed by atoms with Crippen LogP contribution in [0.15, 0.2) is 29.2 Å². The highest BCUT2D eigenvalue weighted by Crippen LogP contribution is 2.37. The smallest absolute Gasteiger partial charge is 0.272 e. The monoisotopic (exact) mass is 561 g/mol. The average Bonchev–Trinajstić information content (AvgIpc) is 3.24. The molecule has 2 aliphatic heterocycles. The number of anilines is 1. The molecule has 0 aliphatic carbocycles. The van der Waals surface area contributed by atoms with Crippen LogP contribution in [-0.2, 0) is 32.6 Å². The molecule has 0 bridgehead atoms. The van der Waals surface area contributed by atoms with E-state index in [0.29, 0.717) is 44.1 Å². The summed E-state index contributed by atoms with van der Waals surface area (Å²) in [5.74, 6) is -1.35. The Hall–Kier alpha value is -3.29. The summed E-state index contributed by atoms with van der Waals surface area (Å²) in [4.78, 5) is 51.8.